The van der Waals surface area contributed by atoms with Gasteiger partial charge in [0.2, 0.25) is 0 Å². The summed E-state index contributed by atoms with van der Waals surface area (Å²) in [6.07, 6.45) is 30.7. The zero-order valence-corrected chi connectivity index (χ0v) is 31.1. The van der Waals surface area contributed by atoms with Crippen LogP contribution in [0.15, 0.2) is 72.9 Å². The van der Waals surface area contributed by atoms with Crippen LogP contribution in [0.4, 0.5) is 0 Å². The molecule has 1 fully saturated rings. The van der Waals surface area contributed by atoms with E-state index in [0.717, 1.165) is 70.6 Å². The van der Waals surface area contributed by atoms with Gasteiger partial charge in [0.15, 0.2) is 12.4 Å². The van der Waals surface area contributed by atoms with Crippen LogP contribution in [0.25, 0.3) is 0 Å². The molecule has 1 rings (SSSR count). The number of carbonyl (C=O) groups excluding carboxylic acids is 2. The number of unbranched alkanes of at least 4 members (excludes halogenated alkanes) is 6. The summed E-state index contributed by atoms with van der Waals surface area (Å²) in [6, 6.07) is 0. The van der Waals surface area contributed by atoms with E-state index < -0.39 is 55.4 Å². The molecule has 290 valence electrons. The molecule has 0 spiro atoms. The number of hydrogen-bond acceptors (Lipinski definition) is 10. The maximum atomic E-state index is 12.6. The Morgan fingerprint density at radius 2 is 1.20 bits per heavy atom. The lowest BCUT2D eigenvalue weighted by atomic mass is 9.99. The number of esters is 2. The molecule has 0 radical (unpaired) electrons. The molecule has 0 aromatic heterocycles. The largest absolute Gasteiger partial charge is 0.462 e. The predicted octanol–water partition coefficient (Wildman–Crippen LogP) is 6.88. The molecule has 0 aromatic carbocycles. The summed E-state index contributed by atoms with van der Waals surface area (Å²) in [7, 11) is 0. The van der Waals surface area contributed by atoms with Crippen molar-refractivity contribution in [1.29, 1.82) is 0 Å². The molecule has 6 unspecified atom stereocenters. The average Bonchev–Trinajstić information content (AvgIpc) is 3.13. The number of hydrogen-bond donors (Lipinski definition) is 4. The highest BCUT2D eigenvalue weighted by Crippen LogP contribution is 2.22. The number of carbonyl (C=O) groups is 2. The van der Waals surface area contributed by atoms with Gasteiger partial charge in [-0.25, -0.2) is 0 Å². The van der Waals surface area contributed by atoms with Crippen LogP contribution in [0.1, 0.15) is 117 Å². The molecule has 4 N–H and O–H groups in total. The maximum Gasteiger partial charge on any atom is 0.306 e. The Labute approximate surface area is 306 Å². The van der Waals surface area contributed by atoms with Crippen molar-refractivity contribution in [3.63, 3.8) is 0 Å². The second kappa shape index (κ2) is 31.8. The molecule has 1 aliphatic rings. The van der Waals surface area contributed by atoms with Crippen molar-refractivity contribution in [3.8, 4) is 0 Å². The van der Waals surface area contributed by atoms with E-state index in [0.29, 0.717) is 12.8 Å². The van der Waals surface area contributed by atoms with E-state index in [1.165, 1.54) is 6.42 Å². The van der Waals surface area contributed by atoms with Crippen molar-refractivity contribution in [2.75, 3.05) is 19.8 Å². The van der Waals surface area contributed by atoms with Gasteiger partial charge in [0, 0.05) is 12.8 Å². The van der Waals surface area contributed by atoms with Crippen molar-refractivity contribution in [2.45, 2.75) is 153 Å². The minimum Gasteiger partial charge on any atom is -0.462 e. The molecule has 10 heteroatoms. The third-order valence-corrected chi connectivity index (χ3v) is 8.07. The molecular formula is C41H66O10. The molecule has 1 saturated heterocycles. The van der Waals surface area contributed by atoms with Crippen LogP contribution in [0.3, 0.4) is 0 Å². The SMILES string of the molecule is CC/C=C\C/C=C\C/C=C\C/C=C\CCC(=O)OC(COC(=O)CCCCCCC/C=C\C/C=C\CCC)COC1OC(CO)C(O)C(O)C1O. The Kier molecular flexibility index (Phi) is 28.8. The molecule has 0 saturated carbocycles. The third kappa shape index (κ3) is 24.1. The second-order valence-corrected chi connectivity index (χ2v) is 12.6. The zero-order valence-electron chi connectivity index (χ0n) is 31.1. The molecule has 6 atom stereocenters. The Morgan fingerprint density at radius 1 is 0.627 bits per heavy atom. The van der Waals surface area contributed by atoms with Crippen LogP contribution in [0.5, 0.6) is 0 Å². The molecule has 51 heavy (non-hydrogen) atoms. The van der Waals surface area contributed by atoms with Crippen LogP contribution in [0, 0.1) is 0 Å². The van der Waals surface area contributed by atoms with Crippen LogP contribution < -0.4 is 0 Å². The van der Waals surface area contributed by atoms with Gasteiger partial charge in [0.05, 0.1) is 13.2 Å². The Morgan fingerprint density at radius 3 is 1.82 bits per heavy atom. The number of rotatable bonds is 29. The van der Waals surface area contributed by atoms with Gasteiger partial charge in [-0.05, 0) is 64.2 Å². The van der Waals surface area contributed by atoms with Crippen molar-refractivity contribution in [1.82, 2.24) is 0 Å². The van der Waals surface area contributed by atoms with Crippen LogP contribution in [0.2, 0.25) is 0 Å². The van der Waals surface area contributed by atoms with Crippen molar-refractivity contribution >= 4 is 11.9 Å². The van der Waals surface area contributed by atoms with Crippen LogP contribution >= 0.6 is 0 Å². The highest BCUT2D eigenvalue weighted by molar-refractivity contribution is 5.70. The average molecular weight is 719 g/mol. The van der Waals surface area contributed by atoms with Gasteiger partial charge in [0.25, 0.3) is 0 Å². The Bertz CT molecular complexity index is 1060. The summed E-state index contributed by atoms with van der Waals surface area (Å²) in [4.78, 5) is 25.1. The summed E-state index contributed by atoms with van der Waals surface area (Å²) >= 11 is 0. The lowest BCUT2D eigenvalue weighted by Crippen LogP contribution is -2.59. The molecule has 0 aliphatic carbocycles. The van der Waals surface area contributed by atoms with Crippen molar-refractivity contribution in [3.05, 3.63) is 72.9 Å². The molecule has 0 aromatic rings. The van der Waals surface area contributed by atoms with Crippen LogP contribution in [-0.2, 0) is 28.5 Å². The van der Waals surface area contributed by atoms with Crippen molar-refractivity contribution in [2.24, 2.45) is 0 Å². The first-order valence-corrected chi connectivity index (χ1v) is 19.0. The fourth-order valence-corrected chi connectivity index (χ4v) is 5.06. The molecule has 1 heterocycles. The van der Waals surface area contributed by atoms with E-state index in [2.05, 4.69) is 74.6 Å². The number of aliphatic hydroxyl groups excluding tert-OH is 4. The highest BCUT2D eigenvalue weighted by atomic mass is 16.7. The minimum atomic E-state index is -1.61. The van der Waals surface area contributed by atoms with Gasteiger partial charge in [-0.1, -0.05) is 112 Å². The second-order valence-electron chi connectivity index (χ2n) is 12.6. The van der Waals surface area contributed by atoms with E-state index in [-0.39, 0.29) is 26.1 Å². The first-order chi connectivity index (χ1) is 24.8. The monoisotopic (exact) mass is 718 g/mol. The van der Waals surface area contributed by atoms with Gasteiger partial charge in [-0.3, -0.25) is 9.59 Å². The maximum absolute atomic E-state index is 12.6. The smallest absolute Gasteiger partial charge is 0.306 e. The van der Waals surface area contributed by atoms with E-state index in [4.69, 9.17) is 18.9 Å². The summed E-state index contributed by atoms with van der Waals surface area (Å²) in [5, 5.41) is 39.9. The topological polar surface area (TPSA) is 152 Å². The standard InChI is InChI=1S/C41H66O10/c1-3-5-7-9-11-13-15-17-19-21-23-25-27-29-36(43)48-32-34(33-49-41-40(47)39(46)38(45)35(31-42)51-41)50-37(44)30-28-26-24-22-20-18-16-14-12-10-8-6-4-2/h6-9,12-15,18,20,24,26,34-35,38-42,45-47H,3-5,10-11,16-17,19,21-23,25,27-33H2,1-2H3/b8-6-,9-7-,14-12-,15-13-,20-18-,26-24-. The summed E-state index contributed by atoms with van der Waals surface area (Å²) in [5.74, 6) is -0.929. The van der Waals surface area contributed by atoms with E-state index in [1.807, 2.05) is 12.2 Å². The van der Waals surface area contributed by atoms with Crippen molar-refractivity contribution < 1.29 is 49.0 Å². The van der Waals surface area contributed by atoms with E-state index >= 15 is 0 Å². The molecule has 0 amide bonds. The van der Waals surface area contributed by atoms with Gasteiger partial charge in [0.1, 0.15) is 31.0 Å². The summed E-state index contributed by atoms with van der Waals surface area (Å²) < 4.78 is 21.9. The molecule has 1 aliphatic heterocycles. The number of aliphatic hydroxyl groups is 4. The Hall–Kier alpha value is -2.86. The van der Waals surface area contributed by atoms with Gasteiger partial charge in [-0.15, -0.1) is 0 Å². The zero-order chi connectivity index (χ0) is 37.4. The fraction of sp³-hybridized carbons (Fsp3) is 0.659. The van der Waals surface area contributed by atoms with Gasteiger partial charge >= 0.3 is 11.9 Å². The molecule has 0 bridgehead atoms. The van der Waals surface area contributed by atoms with E-state index in [9.17, 15) is 30.0 Å². The molecular weight excluding hydrogens is 652 g/mol. The van der Waals surface area contributed by atoms with Gasteiger partial charge < -0.3 is 39.4 Å². The number of allylic oxidation sites excluding steroid dienone is 12. The van der Waals surface area contributed by atoms with Crippen LogP contribution in [-0.4, -0.2) is 89.0 Å². The molecule has 10 nitrogen and oxygen atoms in total. The number of ether oxygens (including phenoxy) is 4. The predicted molar refractivity (Wildman–Crippen MR) is 201 cm³/mol. The Balaban J connectivity index is 2.48. The summed E-state index contributed by atoms with van der Waals surface area (Å²) in [5.41, 5.74) is 0. The summed E-state index contributed by atoms with van der Waals surface area (Å²) in [6.45, 7) is 3.11. The quantitative estimate of drug-likeness (QED) is 0.0366. The first-order valence-electron chi connectivity index (χ1n) is 19.0. The van der Waals surface area contributed by atoms with E-state index in [1.54, 1.807) is 0 Å². The first kappa shape index (κ1) is 46.2. The lowest BCUT2D eigenvalue weighted by molar-refractivity contribution is -0.305. The lowest BCUT2D eigenvalue weighted by Gasteiger charge is -2.39. The highest BCUT2D eigenvalue weighted by Gasteiger charge is 2.44. The normalized spacial score (nSPS) is 22.0. The third-order valence-electron chi connectivity index (χ3n) is 8.07. The minimum absolute atomic E-state index is 0.102. The van der Waals surface area contributed by atoms with Gasteiger partial charge in [-0.2, -0.15) is 0 Å². The fourth-order valence-electron chi connectivity index (χ4n) is 5.06.